The highest BCUT2D eigenvalue weighted by Gasteiger charge is 2.28. The Morgan fingerprint density at radius 3 is 2.31 bits per heavy atom. The van der Waals surface area contributed by atoms with E-state index in [9.17, 15) is 23.4 Å². The Bertz CT molecular complexity index is 1420. The van der Waals surface area contributed by atoms with Gasteiger partial charge in [0, 0.05) is 31.4 Å². The number of aromatic nitrogens is 1. The number of carbonyl (C=O) groups excluding carboxylic acids is 1. The molecule has 4 rings (SSSR count). The van der Waals surface area contributed by atoms with Crippen molar-refractivity contribution < 1.29 is 37.2 Å². The van der Waals surface area contributed by atoms with Crippen LogP contribution in [0.15, 0.2) is 34.9 Å². The molecule has 1 saturated heterocycles. The number of aryl methyl sites for hydroxylation is 1. The minimum absolute atomic E-state index is 0.00677. The highest BCUT2D eigenvalue weighted by atomic mass is 32.2. The largest absolute Gasteiger partial charge is 0.508 e. The Balaban J connectivity index is 0.000000771. The molecule has 0 unspecified atom stereocenters. The van der Waals surface area contributed by atoms with E-state index in [-0.39, 0.29) is 34.8 Å². The predicted octanol–water partition coefficient (Wildman–Crippen LogP) is 3.94. The van der Waals surface area contributed by atoms with Crippen molar-refractivity contribution in [3.8, 4) is 33.9 Å². The van der Waals surface area contributed by atoms with Crippen LogP contribution in [-0.4, -0.2) is 73.4 Å². The van der Waals surface area contributed by atoms with Crippen molar-refractivity contribution in [3.63, 3.8) is 0 Å². The Hall–Kier alpha value is -3.61. The topological polar surface area (TPSA) is 162 Å². The van der Waals surface area contributed by atoms with Gasteiger partial charge in [0.2, 0.25) is 0 Å². The minimum Gasteiger partial charge on any atom is -0.508 e. The summed E-state index contributed by atoms with van der Waals surface area (Å²) in [7, 11) is -3.67. The smallest absolute Gasteiger partial charge is 0.274 e. The standard InChI is InChI=1S/C26H31N3O5.CH4O3S/c1-5-27-26(32)24-23(18-7-6-17(12-16(18)4)29-8-10-33-11-9-29)25(34-28-24)20-13-19(15(2)3)21(30)14-22(20)31;1-5(2,3)4/h6-7,12-15,30-31H,5,8-11H2,1-4H3,(H,27,32);1H3,(H,2,3,4). The molecule has 1 amide bonds. The average Bonchev–Trinajstić information content (AvgIpc) is 3.28. The van der Waals surface area contributed by atoms with Gasteiger partial charge in [0.1, 0.15) is 11.5 Å². The number of aromatic hydroxyl groups is 2. The van der Waals surface area contributed by atoms with Crippen LogP contribution in [0.1, 0.15) is 48.3 Å². The summed E-state index contributed by atoms with van der Waals surface area (Å²) in [5, 5.41) is 27.9. The Morgan fingerprint density at radius 2 is 1.74 bits per heavy atom. The maximum Gasteiger partial charge on any atom is 0.274 e. The molecule has 11 nitrogen and oxygen atoms in total. The second-order valence-electron chi connectivity index (χ2n) is 9.51. The lowest BCUT2D eigenvalue weighted by molar-refractivity contribution is 0.0947. The van der Waals surface area contributed by atoms with Gasteiger partial charge in [0.05, 0.1) is 30.6 Å². The molecule has 1 fully saturated rings. The SMILES string of the molecule is CCNC(=O)c1noc(-c2cc(C(C)C)c(O)cc2O)c1-c1ccc(N2CCOCC2)cc1C.CS(=O)(=O)O. The summed E-state index contributed by atoms with van der Waals surface area (Å²) in [5.41, 5.74) is 4.50. The number of carbonyl (C=O) groups is 1. The second-order valence-corrected chi connectivity index (χ2v) is 11.0. The van der Waals surface area contributed by atoms with E-state index in [0.717, 1.165) is 29.9 Å². The summed E-state index contributed by atoms with van der Waals surface area (Å²) >= 11 is 0. The number of rotatable bonds is 6. The fourth-order valence-corrected chi connectivity index (χ4v) is 4.31. The van der Waals surface area contributed by atoms with Gasteiger partial charge < -0.3 is 29.7 Å². The third kappa shape index (κ3) is 7.49. The molecule has 0 spiro atoms. The number of ether oxygens (including phenoxy) is 1. The molecule has 0 radical (unpaired) electrons. The number of nitrogens with one attached hydrogen (secondary N) is 1. The lowest BCUT2D eigenvalue weighted by Gasteiger charge is -2.29. The number of hydrogen-bond donors (Lipinski definition) is 4. The molecule has 212 valence electrons. The normalized spacial score (nSPS) is 13.7. The summed E-state index contributed by atoms with van der Waals surface area (Å²) < 4.78 is 37.0. The molecule has 4 N–H and O–H groups in total. The first kappa shape index (κ1) is 29.9. The van der Waals surface area contributed by atoms with E-state index in [1.807, 2.05) is 39.8 Å². The Morgan fingerprint density at radius 1 is 1.10 bits per heavy atom. The average molecular weight is 562 g/mol. The zero-order valence-corrected chi connectivity index (χ0v) is 23.5. The van der Waals surface area contributed by atoms with Crippen LogP contribution in [-0.2, 0) is 14.9 Å². The Labute approximate surface area is 228 Å². The van der Waals surface area contributed by atoms with Crippen LogP contribution in [0.4, 0.5) is 5.69 Å². The van der Waals surface area contributed by atoms with Crippen LogP contribution in [0.5, 0.6) is 11.5 Å². The quantitative estimate of drug-likeness (QED) is 0.324. The fourth-order valence-electron chi connectivity index (χ4n) is 4.31. The van der Waals surface area contributed by atoms with Crippen molar-refractivity contribution in [3.05, 3.63) is 47.2 Å². The van der Waals surface area contributed by atoms with E-state index in [1.165, 1.54) is 6.07 Å². The van der Waals surface area contributed by atoms with E-state index < -0.39 is 10.1 Å². The van der Waals surface area contributed by atoms with E-state index in [1.54, 1.807) is 6.07 Å². The van der Waals surface area contributed by atoms with Crippen LogP contribution in [0.3, 0.4) is 0 Å². The van der Waals surface area contributed by atoms with Crippen molar-refractivity contribution >= 4 is 21.7 Å². The zero-order valence-electron chi connectivity index (χ0n) is 22.7. The number of phenolic OH excluding ortho intramolecular Hbond substituents is 2. The first-order valence-electron chi connectivity index (χ1n) is 12.5. The van der Waals surface area contributed by atoms with Gasteiger partial charge in [-0.05, 0) is 54.7 Å². The van der Waals surface area contributed by atoms with Crippen LogP contribution in [0.2, 0.25) is 0 Å². The molecular weight excluding hydrogens is 526 g/mol. The monoisotopic (exact) mass is 561 g/mol. The van der Waals surface area contributed by atoms with E-state index in [0.29, 0.717) is 42.7 Å². The number of benzene rings is 2. The van der Waals surface area contributed by atoms with Gasteiger partial charge >= 0.3 is 0 Å². The molecule has 1 aromatic heterocycles. The summed E-state index contributed by atoms with van der Waals surface area (Å²) in [6.07, 6.45) is 0.715. The van der Waals surface area contributed by atoms with Gasteiger partial charge in [-0.25, -0.2) is 0 Å². The van der Waals surface area contributed by atoms with Gasteiger partial charge in [-0.15, -0.1) is 0 Å². The number of phenols is 2. The van der Waals surface area contributed by atoms with E-state index >= 15 is 0 Å². The minimum atomic E-state index is -3.67. The van der Waals surface area contributed by atoms with Crippen molar-refractivity contribution in [2.45, 2.75) is 33.6 Å². The highest BCUT2D eigenvalue weighted by Crippen LogP contribution is 2.44. The molecule has 1 aliphatic rings. The zero-order chi connectivity index (χ0) is 28.9. The van der Waals surface area contributed by atoms with Gasteiger partial charge in [0.25, 0.3) is 16.0 Å². The summed E-state index contributed by atoms with van der Waals surface area (Å²) in [6, 6.07) is 9.05. The number of morpholine rings is 1. The highest BCUT2D eigenvalue weighted by molar-refractivity contribution is 7.85. The molecule has 39 heavy (non-hydrogen) atoms. The number of nitrogens with zero attached hydrogens (tertiary/aromatic N) is 2. The number of hydrogen-bond acceptors (Lipinski definition) is 9. The van der Waals surface area contributed by atoms with Gasteiger partial charge in [-0.3, -0.25) is 9.35 Å². The van der Waals surface area contributed by atoms with Crippen LogP contribution < -0.4 is 10.2 Å². The third-order valence-corrected chi connectivity index (χ3v) is 6.11. The fraction of sp³-hybridized carbons (Fsp3) is 0.407. The molecule has 0 aliphatic carbocycles. The van der Waals surface area contributed by atoms with Crippen molar-refractivity contribution in [2.75, 3.05) is 44.0 Å². The third-order valence-electron chi connectivity index (χ3n) is 6.11. The Kier molecular flexibility index (Phi) is 9.59. The molecule has 2 aromatic carbocycles. The van der Waals surface area contributed by atoms with E-state index in [4.69, 9.17) is 13.8 Å². The molecule has 0 bridgehead atoms. The molecular formula is C27H35N3O8S. The maximum absolute atomic E-state index is 12.9. The molecule has 0 atom stereocenters. The first-order valence-corrected chi connectivity index (χ1v) is 14.4. The molecule has 0 saturated carbocycles. The van der Waals surface area contributed by atoms with Crippen molar-refractivity contribution in [2.24, 2.45) is 0 Å². The molecule has 1 aliphatic heterocycles. The maximum atomic E-state index is 12.9. The van der Waals surface area contributed by atoms with Crippen LogP contribution >= 0.6 is 0 Å². The van der Waals surface area contributed by atoms with Crippen molar-refractivity contribution in [1.29, 1.82) is 0 Å². The van der Waals surface area contributed by atoms with Gasteiger partial charge in [0.15, 0.2) is 11.5 Å². The molecule has 3 aromatic rings. The van der Waals surface area contributed by atoms with Crippen molar-refractivity contribution in [1.82, 2.24) is 10.5 Å². The predicted molar refractivity (Wildman–Crippen MR) is 148 cm³/mol. The van der Waals surface area contributed by atoms with Gasteiger partial charge in [-0.1, -0.05) is 25.1 Å². The lowest BCUT2D eigenvalue weighted by atomic mass is 9.92. The molecule has 2 heterocycles. The second kappa shape index (κ2) is 12.5. The van der Waals surface area contributed by atoms with Gasteiger partial charge in [-0.2, -0.15) is 8.42 Å². The van der Waals surface area contributed by atoms with E-state index in [2.05, 4.69) is 21.4 Å². The summed E-state index contributed by atoms with van der Waals surface area (Å²) in [6.45, 7) is 11.2. The lowest BCUT2D eigenvalue weighted by Crippen LogP contribution is -2.36. The summed E-state index contributed by atoms with van der Waals surface area (Å²) in [4.78, 5) is 15.1. The number of anilines is 1. The van der Waals surface area contributed by atoms with Crippen LogP contribution in [0.25, 0.3) is 22.5 Å². The summed E-state index contributed by atoms with van der Waals surface area (Å²) in [5.74, 6) is -0.200. The van der Waals surface area contributed by atoms with Crippen LogP contribution in [0, 0.1) is 6.92 Å². The first-order chi connectivity index (χ1) is 18.3. The number of amides is 1. The molecule has 12 heteroatoms.